The number of thiazole rings is 1. The standard InChI is InChI=1S/C20H31N5O2S/c1-4-24-11-7-20(17(24)26)15-25(18(27)22(2)3)14-19(20)5-9-23(10-6-19)13-16-21-8-12-28-16/h8,12H,4-7,9-11,13-15H2,1-3H3/t20-/m0/s1. The van der Waals surface area contributed by atoms with Crippen LogP contribution < -0.4 is 0 Å². The number of carbonyl (C=O) groups is 2. The third kappa shape index (κ3) is 3.01. The van der Waals surface area contributed by atoms with E-state index in [1.165, 1.54) is 0 Å². The van der Waals surface area contributed by atoms with Crippen LogP contribution in [0.4, 0.5) is 4.79 Å². The molecule has 4 rings (SSSR count). The molecular weight excluding hydrogens is 374 g/mol. The quantitative estimate of drug-likeness (QED) is 0.771. The normalized spacial score (nSPS) is 27.3. The Morgan fingerprint density at radius 3 is 2.54 bits per heavy atom. The van der Waals surface area contributed by atoms with Crippen molar-refractivity contribution in [1.29, 1.82) is 0 Å². The van der Waals surface area contributed by atoms with E-state index < -0.39 is 5.41 Å². The van der Waals surface area contributed by atoms with E-state index in [9.17, 15) is 9.59 Å². The van der Waals surface area contributed by atoms with Crippen LogP contribution in [0.25, 0.3) is 0 Å². The minimum absolute atomic E-state index is 0.0317. The molecule has 3 aliphatic rings. The summed E-state index contributed by atoms with van der Waals surface area (Å²) in [6.45, 7) is 7.73. The maximum absolute atomic E-state index is 13.5. The largest absolute Gasteiger partial charge is 0.342 e. The number of fused-ring (bicyclic) bond motifs is 1. The van der Waals surface area contributed by atoms with Crippen molar-refractivity contribution in [2.45, 2.75) is 32.7 Å². The molecular formula is C20H31N5O2S. The van der Waals surface area contributed by atoms with E-state index in [1.807, 2.05) is 21.4 Å². The fourth-order valence-corrected chi connectivity index (χ4v) is 6.22. The molecule has 1 atom stereocenters. The van der Waals surface area contributed by atoms with Crippen LogP contribution in [0.2, 0.25) is 0 Å². The van der Waals surface area contributed by atoms with Crippen LogP contribution in [-0.2, 0) is 11.3 Å². The molecule has 4 heterocycles. The monoisotopic (exact) mass is 405 g/mol. The van der Waals surface area contributed by atoms with E-state index in [0.717, 1.165) is 57.0 Å². The van der Waals surface area contributed by atoms with Crippen molar-refractivity contribution >= 4 is 23.3 Å². The lowest BCUT2D eigenvalue weighted by Crippen LogP contribution is -2.52. The first-order chi connectivity index (χ1) is 13.4. The van der Waals surface area contributed by atoms with E-state index in [0.29, 0.717) is 13.1 Å². The Kier molecular flexibility index (Phi) is 5.12. The highest BCUT2D eigenvalue weighted by Crippen LogP contribution is 2.58. The summed E-state index contributed by atoms with van der Waals surface area (Å²) in [6.07, 6.45) is 4.68. The van der Waals surface area contributed by atoms with Gasteiger partial charge >= 0.3 is 6.03 Å². The molecule has 0 bridgehead atoms. The lowest BCUT2D eigenvalue weighted by atomic mass is 9.60. The summed E-state index contributed by atoms with van der Waals surface area (Å²) in [5.41, 5.74) is -0.499. The summed E-state index contributed by atoms with van der Waals surface area (Å²) < 4.78 is 0. The van der Waals surface area contributed by atoms with E-state index in [-0.39, 0.29) is 17.4 Å². The van der Waals surface area contributed by atoms with Gasteiger partial charge in [-0.1, -0.05) is 0 Å². The number of amides is 3. The lowest BCUT2D eigenvalue weighted by Gasteiger charge is -2.46. The summed E-state index contributed by atoms with van der Waals surface area (Å²) in [5, 5.41) is 3.17. The van der Waals surface area contributed by atoms with Gasteiger partial charge in [0.15, 0.2) is 0 Å². The van der Waals surface area contributed by atoms with Gasteiger partial charge in [-0.15, -0.1) is 11.3 Å². The van der Waals surface area contributed by atoms with Gasteiger partial charge in [0.1, 0.15) is 5.01 Å². The van der Waals surface area contributed by atoms with Gasteiger partial charge in [0.2, 0.25) is 5.91 Å². The minimum Gasteiger partial charge on any atom is -0.342 e. The smallest absolute Gasteiger partial charge is 0.319 e. The average molecular weight is 406 g/mol. The highest BCUT2D eigenvalue weighted by atomic mass is 32.1. The average Bonchev–Trinajstić information content (AvgIpc) is 3.38. The molecule has 3 saturated heterocycles. The second-order valence-corrected chi connectivity index (χ2v) is 9.71. The van der Waals surface area contributed by atoms with Gasteiger partial charge in [-0.3, -0.25) is 9.69 Å². The van der Waals surface area contributed by atoms with Crippen molar-refractivity contribution < 1.29 is 9.59 Å². The molecule has 0 aromatic carbocycles. The highest BCUT2D eigenvalue weighted by Gasteiger charge is 2.65. The summed E-state index contributed by atoms with van der Waals surface area (Å²) >= 11 is 1.70. The third-order valence-electron chi connectivity index (χ3n) is 7.16. The van der Waals surface area contributed by atoms with Crippen LogP contribution in [0.15, 0.2) is 11.6 Å². The second-order valence-electron chi connectivity index (χ2n) is 8.73. The number of urea groups is 1. The predicted molar refractivity (Wildman–Crippen MR) is 109 cm³/mol. The number of hydrogen-bond acceptors (Lipinski definition) is 5. The van der Waals surface area contributed by atoms with Crippen LogP contribution in [0.5, 0.6) is 0 Å². The molecule has 2 spiro atoms. The van der Waals surface area contributed by atoms with Gasteiger partial charge in [-0.25, -0.2) is 9.78 Å². The third-order valence-corrected chi connectivity index (χ3v) is 7.93. The predicted octanol–water partition coefficient (Wildman–Crippen LogP) is 1.96. The van der Waals surface area contributed by atoms with Crippen molar-refractivity contribution in [3.63, 3.8) is 0 Å². The Bertz CT molecular complexity index is 729. The zero-order valence-electron chi connectivity index (χ0n) is 17.2. The van der Waals surface area contributed by atoms with Gasteiger partial charge in [-0.2, -0.15) is 0 Å². The molecule has 28 heavy (non-hydrogen) atoms. The molecule has 0 saturated carbocycles. The van der Waals surface area contributed by atoms with Crippen LogP contribution in [0.1, 0.15) is 31.2 Å². The number of rotatable bonds is 3. The van der Waals surface area contributed by atoms with E-state index in [1.54, 1.807) is 30.3 Å². The van der Waals surface area contributed by atoms with Crippen molar-refractivity contribution in [2.24, 2.45) is 10.8 Å². The van der Waals surface area contributed by atoms with E-state index in [2.05, 4.69) is 16.8 Å². The van der Waals surface area contributed by atoms with Crippen LogP contribution in [-0.4, -0.2) is 89.9 Å². The molecule has 3 aliphatic heterocycles. The zero-order valence-corrected chi connectivity index (χ0v) is 18.0. The van der Waals surface area contributed by atoms with Gasteiger partial charge in [0.25, 0.3) is 0 Å². The molecule has 0 radical (unpaired) electrons. The van der Waals surface area contributed by atoms with Crippen molar-refractivity contribution in [1.82, 2.24) is 24.6 Å². The van der Waals surface area contributed by atoms with Crippen LogP contribution in [0, 0.1) is 10.8 Å². The summed E-state index contributed by atoms with van der Waals surface area (Å²) in [7, 11) is 3.59. The van der Waals surface area contributed by atoms with E-state index in [4.69, 9.17) is 0 Å². The lowest BCUT2D eigenvalue weighted by molar-refractivity contribution is -0.142. The number of nitrogens with zero attached hydrogens (tertiary/aromatic N) is 5. The summed E-state index contributed by atoms with van der Waals surface area (Å²) in [6, 6.07) is 0.0317. The molecule has 0 N–H and O–H groups in total. The van der Waals surface area contributed by atoms with Crippen molar-refractivity contribution in [2.75, 3.05) is 53.4 Å². The Morgan fingerprint density at radius 1 is 1.21 bits per heavy atom. The van der Waals surface area contributed by atoms with Gasteiger partial charge < -0.3 is 14.7 Å². The van der Waals surface area contributed by atoms with Gasteiger partial charge in [0.05, 0.1) is 12.0 Å². The Morgan fingerprint density at radius 2 is 1.96 bits per heavy atom. The second kappa shape index (κ2) is 7.30. The maximum Gasteiger partial charge on any atom is 0.319 e. The summed E-state index contributed by atoms with van der Waals surface area (Å²) in [4.78, 5) is 38.7. The van der Waals surface area contributed by atoms with Crippen LogP contribution >= 0.6 is 11.3 Å². The molecule has 1 aromatic heterocycles. The molecule has 0 unspecified atom stereocenters. The number of likely N-dealkylation sites (tertiary alicyclic amines) is 3. The number of carbonyl (C=O) groups excluding carboxylic acids is 2. The molecule has 3 fully saturated rings. The van der Waals surface area contributed by atoms with E-state index >= 15 is 0 Å². The number of hydrogen-bond donors (Lipinski definition) is 0. The van der Waals surface area contributed by atoms with Gasteiger partial charge in [0, 0.05) is 57.3 Å². The number of piperidine rings is 1. The van der Waals surface area contributed by atoms with Crippen LogP contribution in [0.3, 0.4) is 0 Å². The maximum atomic E-state index is 13.5. The first-order valence-corrected chi connectivity index (χ1v) is 11.2. The topological polar surface area (TPSA) is 60.0 Å². The minimum atomic E-state index is -0.401. The molecule has 0 aliphatic carbocycles. The fourth-order valence-electron chi connectivity index (χ4n) is 5.56. The Balaban J connectivity index is 1.56. The Hall–Kier alpha value is -1.67. The molecule has 8 heteroatoms. The molecule has 7 nitrogen and oxygen atoms in total. The molecule has 1 aromatic rings. The first-order valence-electron chi connectivity index (χ1n) is 10.3. The summed E-state index contributed by atoms with van der Waals surface area (Å²) in [5.74, 6) is 0.275. The van der Waals surface area contributed by atoms with Gasteiger partial charge in [-0.05, 0) is 39.3 Å². The molecule has 3 amide bonds. The highest BCUT2D eigenvalue weighted by molar-refractivity contribution is 7.09. The number of aromatic nitrogens is 1. The Labute approximate surface area is 171 Å². The van der Waals surface area contributed by atoms with Crippen molar-refractivity contribution in [3.8, 4) is 0 Å². The fraction of sp³-hybridized carbons (Fsp3) is 0.750. The zero-order chi connectivity index (χ0) is 19.9. The SMILES string of the molecule is CCN1CC[C@]2(CN(C(=O)N(C)C)CC23CCN(Cc2nccs2)CC3)C1=O. The first kappa shape index (κ1) is 19.6. The molecule has 154 valence electrons. The van der Waals surface area contributed by atoms with Crippen molar-refractivity contribution in [3.05, 3.63) is 16.6 Å².